The molecule has 3 nitrogen and oxygen atoms in total. The van der Waals surface area contributed by atoms with Gasteiger partial charge in [0.25, 0.3) is 0 Å². The van der Waals surface area contributed by atoms with Gasteiger partial charge in [-0.15, -0.1) is 0 Å². The second-order valence-electron chi connectivity index (χ2n) is 4.83. The van der Waals surface area contributed by atoms with Gasteiger partial charge in [-0.3, -0.25) is 0 Å². The van der Waals surface area contributed by atoms with Gasteiger partial charge in [0.1, 0.15) is 5.75 Å². The number of nitrogens with one attached hydrogen (secondary N) is 1. The number of nitrogens with two attached hydrogens (primary N) is 1. The fraction of sp³-hybridized carbons (Fsp3) is 0.571. The Labute approximate surface area is 103 Å². The highest BCUT2D eigenvalue weighted by atomic mass is 16.5. The molecular weight excluding hydrogens is 212 g/mol. The molecular formula is C14H22N2O. The van der Waals surface area contributed by atoms with E-state index in [4.69, 9.17) is 10.5 Å². The Bertz CT molecular complexity index is 365. The molecule has 1 atom stereocenters. The molecule has 17 heavy (non-hydrogen) atoms. The van der Waals surface area contributed by atoms with Gasteiger partial charge in [-0.2, -0.15) is 0 Å². The average Bonchev–Trinajstić information content (AvgIpc) is 2.38. The summed E-state index contributed by atoms with van der Waals surface area (Å²) >= 11 is 0. The van der Waals surface area contributed by atoms with Gasteiger partial charge in [0.15, 0.2) is 0 Å². The van der Waals surface area contributed by atoms with Crippen molar-refractivity contribution in [3.63, 3.8) is 0 Å². The molecule has 94 valence electrons. The normalized spacial score (nSPS) is 15.9. The van der Waals surface area contributed by atoms with Crippen LogP contribution in [-0.2, 0) is 6.42 Å². The molecule has 1 aromatic carbocycles. The highest BCUT2D eigenvalue weighted by Crippen LogP contribution is 2.27. The predicted molar refractivity (Wildman–Crippen MR) is 71.6 cm³/mol. The number of anilines is 1. The second-order valence-corrected chi connectivity index (χ2v) is 4.83. The summed E-state index contributed by atoms with van der Waals surface area (Å²) in [6, 6.07) is 6.38. The smallest absolute Gasteiger partial charge is 0.122 e. The molecule has 1 aromatic rings. The maximum atomic E-state index is 5.60. The number of rotatable bonds is 5. The maximum Gasteiger partial charge on any atom is 0.122 e. The number of hydrogen-bond donors (Lipinski definition) is 2. The van der Waals surface area contributed by atoms with Gasteiger partial charge >= 0.3 is 0 Å². The summed E-state index contributed by atoms with van der Waals surface area (Å²) in [5, 5.41) is 3.45. The summed E-state index contributed by atoms with van der Waals surface area (Å²) in [7, 11) is 0. The third-order valence-corrected chi connectivity index (χ3v) is 3.28. The summed E-state index contributed by atoms with van der Waals surface area (Å²) in [6.07, 6.45) is 3.37. The highest BCUT2D eigenvalue weighted by molar-refractivity contribution is 5.51. The van der Waals surface area contributed by atoms with Crippen molar-refractivity contribution in [2.45, 2.75) is 26.2 Å². The van der Waals surface area contributed by atoms with E-state index in [9.17, 15) is 0 Å². The Morgan fingerprint density at radius 3 is 3.18 bits per heavy atom. The van der Waals surface area contributed by atoms with Crippen LogP contribution in [0.4, 0.5) is 5.69 Å². The molecule has 3 heteroatoms. The van der Waals surface area contributed by atoms with Crippen LogP contribution in [-0.4, -0.2) is 19.7 Å². The first-order valence-electron chi connectivity index (χ1n) is 6.49. The minimum absolute atomic E-state index is 0.587. The largest absolute Gasteiger partial charge is 0.493 e. The van der Waals surface area contributed by atoms with E-state index in [1.54, 1.807) is 0 Å². The number of aryl methyl sites for hydroxylation is 1. The summed E-state index contributed by atoms with van der Waals surface area (Å²) in [5.74, 6) is 1.64. The van der Waals surface area contributed by atoms with Crippen LogP contribution in [0.3, 0.4) is 0 Å². The van der Waals surface area contributed by atoms with Crippen molar-refractivity contribution in [2.75, 3.05) is 25.0 Å². The number of benzene rings is 1. The lowest BCUT2D eigenvalue weighted by atomic mass is 10.1. The van der Waals surface area contributed by atoms with E-state index in [1.807, 2.05) is 0 Å². The van der Waals surface area contributed by atoms with Crippen LogP contribution in [0.25, 0.3) is 0 Å². The molecule has 0 radical (unpaired) electrons. The molecule has 1 aliphatic rings. The molecule has 0 amide bonds. The van der Waals surface area contributed by atoms with Crippen molar-refractivity contribution in [2.24, 2.45) is 11.7 Å². The molecule has 0 saturated heterocycles. The molecule has 1 heterocycles. The van der Waals surface area contributed by atoms with Crippen LogP contribution in [0.15, 0.2) is 18.2 Å². The van der Waals surface area contributed by atoms with Crippen molar-refractivity contribution in [1.82, 2.24) is 0 Å². The molecule has 0 saturated carbocycles. The van der Waals surface area contributed by atoms with Crippen LogP contribution < -0.4 is 15.8 Å². The molecule has 0 spiro atoms. The Hall–Kier alpha value is -1.22. The molecule has 1 aliphatic heterocycles. The fourth-order valence-corrected chi connectivity index (χ4v) is 2.05. The van der Waals surface area contributed by atoms with E-state index >= 15 is 0 Å². The number of fused-ring (bicyclic) bond motifs is 1. The van der Waals surface area contributed by atoms with Gasteiger partial charge in [-0.05, 0) is 55.5 Å². The number of hydrogen-bond acceptors (Lipinski definition) is 3. The molecule has 0 bridgehead atoms. The SMILES string of the molecule is CC(CN)CCNc1ccc2c(c1)CCCO2. The average molecular weight is 234 g/mol. The lowest BCUT2D eigenvalue weighted by molar-refractivity contribution is 0.288. The van der Waals surface area contributed by atoms with E-state index in [2.05, 4.69) is 30.4 Å². The minimum Gasteiger partial charge on any atom is -0.493 e. The van der Waals surface area contributed by atoms with Gasteiger partial charge in [0.2, 0.25) is 0 Å². The van der Waals surface area contributed by atoms with E-state index < -0.39 is 0 Å². The first-order valence-corrected chi connectivity index (χ1v) is 6.49. The maximum absolute atomic E-state index is 5.60. The standard InChI is InChI=1S/C14H22N2O/c1-11(10-15)6-7-16-13-4-5-14-12(9-13)3-2-8-17-14/h4-5,9,11,16H,2-3,6-8,10,15H2,1H3. The Morgan fingerprint density at radius 2 is 2.35 bits per heavy atom. The lowest BCUT2D eigenvalue weighted by Gasteiger charge is -2.18. The Morgan fingerprint density at radius 1 is 1.47 bits per heavy atom. The van der Waals surface area contributed by atoms with Crippen LogP contribution >= 0.6 is 0 Å². The summed E-state index contributed by atoms with van der Waals surface area (Å²) in [6.45, 7) is 4.79. The predicted octanol–water partition coefficient (Wildman–Crippen LogP) is 2.41. The first-order chi connectivity index (χ1) is 8.29. The lowest BCUT2D eigenvalue weighted by Crippen LogP contribution is -2.15. The minimum atomic E-state index is 0.587. The Kier molecular flexibility index (Phi) is 4.26. The molecule has 0 aliphatic carbocycles. The van der Waals surface area contributed by atoms with Crippen molar-refractivity contribution < 1.29 is 4.74 Å². The fourth-order valence-electron chi connectivity index (χ4n) is 2.05. The second kappa shape index (κ2) is 5.92. The van der Waals surface area contributed by atoms with Gasteiger partial charge in [-0.25, -0.2) is 0 Å². The van der Waals surface area contributed by atoms with E-state index in [1.165, 1.54) is 11.3 Å². The van der Waals surface area contributed by atoms with E-state index in [0.29, 0.717) is 5.92 Å². The molecule has 0 aromatic heterocycles. The Balaban J connectivity index is 1.89. The first kappa shape index (κ1) is 12.2. The third-order valence-electron chi connectivity index (χ3n) is 3.28. The van der Waals surface area contributed by atoms with Crippen LogP contribution in [0.5, 0.6) is 5.75 Å². The van der Waals surface area contributed by atoms with Gasteiger partial charge in [0.05, 0.1) is 6.61 Å². The van der Waals surface area contributed by atoms with Crippen molar-refractivity contribution >= 4 is 5.69 Å². The zero-order valence-corrected chi connectivity index (χ0v) is 10.5. The van der Waals surface area contributed by atoms with Gasteiger partial charge in [0, 0.05) is 12.2 Å². The number of ether oxygens (including phenoxy) is 1. The summed E-state index contributed by atoms with van der Waals surface area (Å²) in [4.78, 5) is 0. The quantitative estimate of drug-likeness (QED) is 0.822. The van der Waals surface area contributed by atoms with Crippen molar-refractivity contribution in [1.29, 1.82) is 0 Å². The van der Waals surface area contributed by atoms with Crippen LogP contribution in [0, 0.1) is 5.92 Å². The van der Waals surface area contributed by atoms with Gasteiger partial charge < -0.3 is 15.8 Å². The molecule has 1 unspecified atom stereocenters. The van der Waals surface area contributed by atoms with Gasteiger partial charge in [-0.1, -0.05) is 6.92 Å². The van der Waals surface area contributed by atoms with Crippen LogP contribution in [0.1, 0.15) is 25.3 Å². The van der Waals surface area contributed by atoms with E-state index in [-0.39, 0.29) is 0 Å². The summed E-state index contributed by atoms with van der Waals surface area (Å²) in [5.41, 5.74) is 8.12. The highest BCUT2D eigenvalue weighted by Gasteiger charge is 2.10. The van der Waals surface area contributed by atoms with Crippen LogP contribution in [0.2, 0.25) is 0 Å². The molecule has 3 N–H and O–H groups in total. The van der Waals surface area contributed by atoms with Crippen molar-refractivity contribution in [3.05, 3.63) is 23.8 Å². The van der Waals surface area contributed by atoms with Crippen molar-refractivity contribution in [3.8, 4) is 5.75 Å². The zero-order valence-electron chi connectivity index (χ0n) is 10.5. The van der Waals surface area contributed by atoms with E-state index in [0.717, 1.165) is 44.7 Å². The molecule has 0 fully saturated rings. The topological polar surface area (TPSA) is 47.3 Å². The molecule has 2 rings (SSSR count). The monoisotopic (exact) mass is 234 g/mol. The summed E-state index contributed by atoms with van der Waals surface area (Å²) < 4.78 is 5.59. The third kappa shape index (κ3) is 3.37. The zero-order chi connectivity index (χ0) is 12.1.